The topological polar surface area (TPSA) is 99.6 Å². The Hall–Kier alpha value is -1.83. The van der Waals surface area contributed by atoms with E-state index in [2.05, 4.69) is 9.71 Å². The van der Waals surface area contributed by atoms with E-state index >= 15 is 0 Å². The first-order chi connectivity index (χ1) is 7.82. The van der Waals surface area contributed by atoms with E-state index in [4.69, 9.17) is 5.11 Å². The summed E-state index contributed by atoms with van der Waals surface area (Å²) < 4.78 is 25.1. The van der Waals surface area contributed by atoms with Gasteiger partial charge in [0.15, 0.2) is 5.75 Å². The molecule has 0 radical (unpaired) electrons. The molecule has 1 aromatic rings. The summed E-state index contributed by atoms with van der Waals surface area (Å²) in [4.78, 5) is 15.9. The number of hydrogen-bond donors (Lipinski definition) is 2. The van der Waals surface area contributed by atoms with Gasteiger partial charge in [-0.15, -0.1) is 0 Å². The molecule has 2 N–H and O–H groups in total. The minimum absolute atomic E-state index is 0.249. The van der Waals surface area contributed by atoms with Crippen LogP contribution in [0.15, 0.2) is 18.5 Å². The monoisotopic (exact) mass is 259 g/mol. The minimum atomic E-state index is -3.91. The number of sulfonamides is 1. The average Bonchev–Trinajstić information content (AvgIpc) is 2.14. The summed E-state index contributed by atoms with van der Waals surface area (Å²) in [5.41, 5.74) is 0.854. The molecule has 94 valence electrons. The zero-order valence-corrected chi connectivity index (χ0v) is 10.2. The Labute approximate surface area is 99.1 Å². The molecule has 1 rings (SSSR count). The Morgan fingerprint density at radius 2 is 2.18 bits per heavy atom. The number of carbonyl (C=O) groups is 1. The molecule has 0 aromatic carbocycles. The molecule has 0 aliphatic rings. The molecular formula is C9H13N3O4S. The van der Waals surface area contributed by atoms with E-state index < -0.39 is 21.7 Å². The van der Waals surface area contributed by atoms with Gasteiger partial charge in [-0.25, -0.2) is 8.42 Å². The molecule has 0 bridgehead atoms. The molecule has 1 aromatic heterocycles. The van der Waals surface area contributed by atoms with Crippen LogP contribution in [0.3, 0.4) is 0 Å². The maximum atomic E-state index is 11.4. The van der Waals surface area contributed by atoms with Crippen molar-refractivity contribution in [3.63, 3.8) is 0 Å². The van der Waals surface area contributed by atoms with Gasteiger partial charge in [0.1, 0.15) is 0 Å². The van der Waals surface area contributed by atoms with Crippen LogP contribution < -0.4 is 9.62 Å². The van der Waals surface area contributed by atoms with Gasteiger partial charge in [-0.2, -0.15) is 0 Å². The van der Waals surface area contributed by atoms with Crippen LogP contribution >= 0.6 is 0 Å². The van der Waals surface area contributed by atoms with E-state index in [1.807, 2.05) is 0 Å². The number of aliphatic carboxylic acids is 1. The Kier molecular flexibility index (Phi) is 3.89. The highest BCUT2D eigenvalue weighted by atomic mass is 32.2. The maximum Gasteiger partial charge on any atom is 0.320 e. The molecular weight excluding hydrogens is 246 g/mol. The second kappa shape index (κ2) is 5.00. The van der Waals surface area contributed by atoms with Gasteiger partial charge in [0.2, 0.25) is 10.0 Å². The van der Waals surface area contributed by atoms with Crippen molar-refractivity contribution in [1.82, 2.24) is 4.98 Å². The summed E-state index contributed by atoms with van der Waals surface area (Å²) in [6.45, 7) is 0. The first kappa shape index (κ1) is 13.2. The van der Waals surface area contributed by atoms with Crippen molar-refractivity contribution in [3.8, 4) is 0 Å². The highest BCUT2D eigenvalue weighted by Gasteiger charge is 2.17. The number of nitrogens with one attached hydrogen (secondary N) is 1. The van der Waals surface area contributed by atoms with Gasteiger partial charge in [0.25, 0.3) is 0 Å². The number of nitrogens with zero attached hydrogens (tertiary/aromatic N) is 2. The molecule has 8 heteroatoms. The fourth-order valence-electron chi connectivity index (χ4n) is 1.22. The smallest absolute Gasteiger partial charge is 0.320 e. The van der Waals surface area contributed by atoms with Gasteiger partial charge in [-0.05, 0) is 6.07 Å². The van der Waals surface area contributed by atoms with E-state index in [9.17, 15) is 13.2 Å². The van der Waals surface area contributed by atoms with E-state index in [1.54, 1.807) is 25.1 Å². The fraction of sp³-hybridized carbons (Fsp3) is 0.333. The molecule has 0 unspecified atom stereocenters. The molecule has 7 nitrogen and oxygen atoms in total. The van der Waals surface area contributed by atoms with Gasteiger partial charge in [0, 0.05) is 20.3 Å². The third-order valence-corrected chi connectivity index (χ3v) is 3.02. The van der Waals surface area contributed by atoms with Crippen LogP contribution in [0.25, 0.3) is 0 Å². The predicted molar refractivity (Wildman–Crippen MR) is 63.6 cm³/mol. The number of carboxylic acid groups (broad SMARTS) is 1. The zero-order chi connectivity index (χ0) is 13.1. The molecule has 1 heterocycles. The molecule has 0 spiro atoms. The van der Waals surface area contributed by atoms with Crippen molar-refractivity contribution >= 4 is 27.4 Å². The van der Waals surface area contributed by atoms with E-state index in [-0.39, 0.29) is 5.69 Å². The molecule has 0 saturated carbocycles. The van der Waals surface area contributed by atoms with E-state index in [0.29, 0.717) is 5.69 Å². The molecule has 0 atom stereocenters. The lowest BCUT2D eigenvalue weighted by molar-refractivity contribution is -0.134. The van der Waals surface area contributed by atoms with Crippen molar-refractivity contribution in [2.75, 3.05) is 29.5 Å². The minimum Gasteiger partial charge on any atom is -0.480 e. The SMILES string of the molecule is CN(C)c1ccncc1NS(=O)(=O)CC(=O)O. The predicted octanol–water partition coefficient (Wildman–Crippen LogP) is -0.0261. The van der Waals surface area contributed by atoms with Crippen molar-refractivity contribution in [1.29, 1.82) is 0 Å². The van der Waals surface area contributed by atoms with Crippen LogP contribution in [-0.2, 0) is 14.8 Å². The summed E-state index contributed by atoms with van der Waals surface area (Å²) in [5, 5.41) is 8.46. The van der Waals surface area contributed by atoms with Gasteiger partial charge < -0.3 is 10.0 Å². The maximum absolute atomic E-state index is 11.4. The number of anilines is 2. The van der Waals surface area contributed by atoms with Gasteiger partial charge in [-0.1, -0.05) is 0 Å². The van der Waals surface area contributed by atoms with Crippen LogP contribution in [-0.4, -0.2) is 44.3 Å². The van der Waals surface area contributed by atoms with Crippen LogP contribution in [0.4, 0.5) is 11.4 Å². The third kappa shape index (κ3) is 3.91. The first-order valence-electron chi connectivity index (χ1n) is 4.65. The van der Waals surface area contributed by atoms with Crippen LogP contribution in [0.5, 0.6) is 0 Å². The van der Waals surface area contributed by atoms with E-state index in [0.717, 1.165) is 0 Å². The number of pyridine rings is 1. The summed E-state index contributed by atoms with van der Waals surface area (Å²) in [6.07, 6.45) is 2.85. The molecule has 0 amide bonds. The molecule has 0 aliphatic heterocycles. The van der Waals surface area contributed by atoms with Gasteiger partial charge >= 0.3 is 5.97 Å². The summed E-state index contributed by atoms with van der Waals surface area (Å²) in [5.74, 6) is -2.39. The van der Waals surface area contributed by atoms with Crippen molar-refractivity contribution in [3.05, 3.63) is 18.5 Å². The Morgan fingerprint density at radius 3 is 2.71 bits per heavy atom. The molecule has 17 heavy (non-hydrogen) atoms. The van der Waals surface area contributed by atoms with Crippen molar-refractivity contribution in [2.24, 2.45) is 0 Å². The fourth-order valence-corrected chi connectivity index (χ4v) is 2.11. The summed E-state index contributed by atoms with van der Waals surface area (Å²) in [6, 6.07) is 1.62. The second-order valence-electron chi connectivity index (χ2n) is 3.54. The Morgan fingerprint density at radius 1 is 1.53 bits per heavy atom. The molecule has 0 fully saturated rings. The highest BCUT2D eigenvalue weighted by molar-refractivity contribution is 7.93. The Balaban J connectivity index is 2.99. The zero-order valence-electron chi connectivity index (χ0n) is 9.41. The number of carboxylic acids is 1. The van der Waals surface area contributed by atoms with Gasteiger partial charge in [0.05, 0.1) is 17.6 Å². The molecule has 0 saturated heterocycles. The lowest BCUT2D eigenvalue weighted by atomic mass is 10.3. The largest absolute Gasteiger partial charge is 0.480 e. The van der Waals surface area contributed by atoms with Crippen molar-refractivity contribution < 1.29 is 18.3 Å². The second-order valence-corrected chi connectivity index (χ2v) is 5.26. The average molecular weight is 259 g/mol. The Bertz CT molecular complexity index is 513. The lowest BCUT2D eigenvalue weighted by Gasteiger charge is -2.17. The standard InChI is InChI=1S/C9H13N3O4S/c1-12(2)8-3-4-10-5-7(8)11-17(15,16)6-9(13)14/h3-5,11H,6H2,1-2H3,(H,13,14). The highest BCUT2D eigenvalue weighted by Crippen LogP contribution is 2.23. The van der Waals surface area contributed by atoms with Crippen molar-refractivity contribution in [2.45, 2.75) is 0 Å². The van der Waals surface area contributed by atoms with Crippen LogP contribution in [0.1, 0.15) is 0 Å². The first-order valence-corrected chi connectivity index (χ1v) is 6.30. The van der Waals surface area contributed by atoms with Gasteiger partial charge in [-0.3, -0.25) is 14.5 Å². The third-order valence-electron chi connectivity index (χ3n) is 1.86. The summed E-state index contributed by atoms with van der Waals surface area (Å²) in [7, 11) is -0.425. The summed E-state index contributed by atoms with van der Waals surface area (Å²) >= 11 is 0. The number of hydrogen-bond acceptors (Lipinski definition) is 5. The normalized spacial score (nSPS) is 10.9. The number of rotatable bonds is 5. The van der Waals surface area contributed by atoms with Crippen LogP contribution in [0, 0.1) is 0 Å². The lowest BCUT2D eigenvalue weighted by Crippen LogP contribution is -2.23. The number of aromatic nitrogens is 1. The molecule has 0 aliphatic carbocycles. The van der Waals surface area contributed by atoms with Crippen LogP contribution in [0.2, 0.25) is 0 Å². The van der Waals surface area contributed by atoms with E-state index in [1.165, 1.54) is 12.4 Å². The quantitative estimate of drug-likeness (QED) is 0.770.